The van der Waals surface area contributed by atoms with Crippen molar-refractivity contribution in [3.05, 3.63) is 18.0 Å². The van der Waals surface area contributed by atoms with Crippen LogP contribution in [-0.4, -0.2) is 38.7 Å². The fraction of sp³-hybridized carbons (Fsp3) is 0.545. The van der Waals surface area contributed by atoms with Crippen LogP contribution in [0.3, 0.4) is 0 Å². The van der Waals surface area contributed by atoms with Crippen molar-refractivity contribution in [2.45, 2.75) is 18.9 Å². The monoisotopic (exact) mass is 237 g/mol. The quantitative estimate of drug-likeness (QED) is 0.808. The van der Waals surface area contributed by atoms with Gasteiger partial charge >= 0.3 is 5.97 Å². The summed E-state index contributed by atoms with van der Waals surface area (Å²) in [4.78, 5) is 24.5. The Labute approximate surface area is 98.8 Å². The number of likely N-dealkylation sites (tertiary alicyclic amines) is 1. The molecule has 1 fully saturated rings. The van der Waals surface area contributed by atoms with Gasteiger partial charge in [-0.25, -0.2) is 0 Å². The Morgan fingerprint density at radius 3 is 2.76 bits per heavy atom. The van der Waals surface area contributed by atoms with Crippen LogP contribution in [0, 0.1) is 5.92 Å². The van der Waals surface area contributed by atoms with Crippen LogP contribution in [0.15, 0.2) is 12.3 Å². The minimum absolute atomic E-state index is 0.0197. The third kappa shape index (κ3) is 1.90. The van der Waals surface area contributed by atoms with Gasteiger partial charge in [0.1, 0.15) is 0 Å². The van der Waals surface area contributed by atoms with Crippen LogP contribution in [-0.2, 0) is 16.6 Å². The van der Waals surface area contributed by atoms with Crippen molar-refractivity contribution >= 4 is 11.9 Å². The van der Waals surface area contributed by atoms with Gasteiger partial charge < -0.3 is 10.0 Å². The van der Waals surface area contributed by atoms with Crippen LogP contribution in [0.25, 0.3) is 0 Å². The molecule has 1 aromatic rings. The van der Waals surface area contributed by atoms with E-state index in [4.69, 9.17) is 0 Å². The molecule has 6 heteroatoms. The van der Waals surface area contributed by atoms with Crippen molar-refractivity contribution in [1.82, 2.24) is 14.7 Å². The van der Waals surface area contributed by atoms with Crippen LogP contribution in [0.5, 0.6) is 0 Å². The first kappa shape index (κ1) is 11.6. The maximum Gasteiger partial charge on any atom is 0.309 e. The molecular formula is C11H15N3O3. The van der Waals surface area contributed by atoms with Gasteiger partial charge in [-0.3, -0.25) is 14.3 Å². The Balaban J connectivity index is 2.40. The van der Waals surface area contributed by atoms with Crippen molar-refractivity contribution < 1.29 is 14.7 Å². The molecule has 2 heterocycles. The zero-order valence-corrected chi connectivity index (χ0v) is 9.83. The summed E-state index contributed by atoms with van der Waals surface area (Å²) in [5.74, 6) is -1.45. The lowest BCUT2D eigenvalue weighted by Crippen LogP contribution is -2.43. The molecule has 2 rings (SSSR count). The number of hydrogen-bond donors (Lipinski definition) is 1. The summed E-state index contributed by atoms with van der Waals surface area (Å²) in [5.41, 5.74) is 0.757. The lowest BCUT2D eigenvalue weighted by molar-refractivity contribution is -0.151. The molecule has 1 aliphatic rings. The predicted octanol–water partition coefficient (Wildman–Crippen LogP) is 0.414. The number of rotatable bonds is 2. The molecule has 1 N–H and O–H groups in total. The number of aryl methyl sites for hydroxylation is 1. The van der Waals surface area contributed by atoms with E-state index in [0.717, 1.165) is 5.69 Å². The van der Waals surface area contributed by atoms with E-state index in [-0.39, 0.29) is 5.91 Å². The number of carbonyl (C=O) groups excluding carboxylic acids is 1. The van der Waals surface area contributed by atoms with Gasteiger partial charge in [-0.15, -0.1) is 0 Å². The van der Waals surface area contributed by atoms with Crippen LogP contribution < -0.4 is 0 Å². The first-order chi connectivity index (χ1) is 8.02. The molecule has 0 aromatic carbocycles. The number of hydrogen-bond acceptors (Lipinski definition) is 3. The van der Waals surface area contributed by atoms with Crippen molar-refractivity contribution in [2.24, 2.45) is 13.0 Å². The van der Waals surface area contributed by atoms with Gasteiger partial charge in [0.2, 0.25) is 5.91 Å². The fourth-order valence-corrected chi connectivity index (χ4v) is 2.38. The molecule has 0 bridgehead atoms. The number of aliphatic carboxylic acids is 1. The number of nitrogens with zero attached hydrogens (tertiary/aromatic N) is 3. The smallest absolute Gasteiger partial charge is 0.309 e. The van der Waals surface area contributed by atoms with E-state index in [1.807, 2.05) is 0 Å². The number of amides is 1. The van der Waals surface area contributed by atoms with Crippen molar-refractivity contribution in [3.63, 3.8) is 0 Å². The van der Waals surface area contributed by atoms with Gasteiger partial charge in [-0.1, -0.05) is 0 Å². The van der Waals surface area contributed by atoms with Crippen molar-refractivity contribution in [1.29, 1.82) is 0 Å². The second kappa shape index (κ2) is 4.20. The average Bonchev–Trinajstić information content (AvgIpc) is 2.68. The van der Waals surface area contributed by atoms with Gasteiger partial charge in [0, 0.05) is 26.7 Å². The standard InChI is InChI=1S/C11H15N3O3/c1-13-9(15)4-3-7(11(16)17)10(13)8-5-6-12-14(8)2/h5-7,10H,3-4H2,1-2H3,(H,16,17)/t7-,10+/m0/s1. The molecule has 2 atom stereocenters. The SMILES string of the molecule is CN1C(=O)CC[C@H](C(=O)O)[C@@H]1c1ccnn1C. The summed E-state index contributed by atoms with van der Waals surface area (Å²) < 4.78 is 1.62. The zero-order valence-electron chi connectivity index (χ0n) is 9.83. The lowest BCUT2D eigenvalue weighted by Gasteiger charge is -2.36. The fourth-order valence-electron chi connectivity index (χ4n) is 2.38. The molecule has 0 radical (unpaired) electrons. The van der Waals surface area contributed by atoms with Gasteiger partial charge in [-0.05, 0) is 12.5 Å². The number of carboxylic acids is 1. The Kier molecular flexibility index (Phi) is 2.87. The van der Waals surface area contributed by atoms with E-state index >= 15 is 0 Å². The van der Waals surface area contributed by atoms with Gasteiger partial charge in [0.15, 0.2) is 0 Å². The average molecular weight is 237 g/mol. The van der Waals surface area contributed by atoms with E-state index in [1.54, 1.807) is 31.0 Å². The summed E-state index contributed by atoms with van der Waals surface area (Å²) >= 11 is 0. The molecule has 92 valence electrons. The second-order valence-electron chi connectivity index (χ2n) is 4.31. The molecule has 17 heavy (non-hydrogen) atoms. The Morgan fingerprint density at radius 2 is 2.24 bits per heavy atom. The number of piperidine rings is 1. The number of carbonyl (C=O) groups is 2. The van der Waals surface area contributed by atoms with E-state index in [2.05, 4.69) is 5.10 Å². The summed E-state index contributed by atoms with van der Waals surface area (Å²) in [6.45, 7) is 0. The molecule has 1 aliphatic heterocycles. The van der Waals surface area contributed by atoms with E-state index in [1.165, 1.54) is 4.90 Å². The zero-order chi connectivity index (χ0) is 12.6. The van der Waals surface area contributed by atoms with E-state index in [9.17, 15) is 14.7 Å². The molecule has 0 unspecified atom stereocenters. The maximum atomic E-state index is 11.7. The van der Waals surface area contributed by atoms with E-state index < -0.39 is 17.9 Å². The highest BCUT2D eigenvalue weighted by atomic mass is 16.4. The summed E-state index contributed by atoms with van der Waals surface area (Å²) in [5, 5.41) is 13.3. The first-order valence-corrected chi connectivity index (χ1v) is 5.48. The largest absolute Gasteiger partial charge is 0.481 e. The normalized spacial score (nSPS) is 25.1. The third-order valence-electron chi connectivity index (χ3n) is 3.34. The lowest BCUT2D eigenvalue weighted by atomic mass is 9.87. The number of carboxylic acid groups (broad SMARTS) is 1. The van der Waals surface area contributed by atoms with Crippen molar-refractivity contribution in [3.8, 4) is 0 Å². The van der Waals surface area contributed by atoms with Crippen LogP contribution in [0.1, 0.15) is 24.6 Å². The Bertz CT molecular complexity index is 455. The van der Waals surface area contributed by atoms with Gasteiger partial charge in [0.05, 0.1) is 17.7 Å². The highest BCUT2D eigenvalue weighted by Gasteiger charge is 2.40. The van der Waals surface area contributed by atoms with Crippen LogP contribution in [0.2, 0.25) is 0 Å². The van der Waals surface area contributed by atoms with Crippen molar-refractivity contribution in [2.75, 3.05) is 7.05 Å². The van der Waals surface area contributed by atoms with Crippen LogP contribution in [0.4, 0.5) is 0 Å². The first-order valence-electron chi connectivity index (χ1n) is 5.48. The molecule has 0 spiro atoms. The van der Waals surface area contributed by atoms with Crippen LogP contribution >= 0.6 is 0 Å². The van der Waals surface area contributed by atoms with E-state index in [0.29, 0.717) is 12.8 Å². The minimum atomic E-state index is -0.865. The van der Waals surface area contributed by atoms with Gasteiger partial charge in [0.25, 0.3) is 0 Å². The predicted molar refractivity (Wildman–Crippen MR) is 59.1 cm³/mol. The molecular weight excluding hydrogens is 222 g/mol. The Morgan fingerprint density at radius 1 is 1.53 bits per heavy atom. The Hall–Kier alpha value is -1.85. The molecule has 1 saturated heterocycles. The highest BCUT2D eigenvalue weighted by Crippen LogP contribution is 2.35. The molecule has 1 aromatic heterocycles. The molecule has 1 amide bonds. The molecule has 0 aliphatic carbocycles. The molecule has 0 saturated carbocycles. The topological polar surface area (TPSA) is 75.4 Å². The summed E-state index contributed by atoms with van der Waals surface area (Å²) in [6.07, 6.45) is 2.29. The highest BCUT2D eigenvalue weighted by molar-refractivity contribution is 5.81. The third-order valence-corrected chi connectivity index (χ3v) is 3.34. The molecule has 6 nitrogen and oxygen atoms in total. The minimum Gasteiger partial charge on any atom is -0.481 e. The summed E-state index contributed by atoms with van der Waals surface area (Å²) in [7, 11) is 3.40. The maximum absolute atomic E-state index is 11.7. The summed E-state index contributed by atoms with van der Waals surface area (Å²) in [6, 6.07) is 1.33. The van der Waals surface area contributed by atoms with Gasteiger partial charge in [-0.2, -0.15) is 5.10 Å². The second-order valence-corrected chi connectivity index (χ2v) is 4.31. The number of aromatic nitrogens is 2.